The number of nitrogens with two attached hydrogens (primary N) is 1. The fourth-order valence-corrected chi connectivity index (χ4v) is 2.32. The topological polar surface area (TPSA) is 139 Å². The lowest BCUT2D eigenvalue weighted by atomic mass is 10.1. The minimum atomic E-state index is -5.19. The fraction of sp³-hybridized carbons (Fsp3) is 0.500. The van der Waals surface area contributed by atoms with Crippen LogP contribution in [-0.4, -0.2) is 64.4 Å². The van der Waals surface area contributed by atoms with Gasteiger partial charge in [0.15, 0.2) is 0 Å². The molecule has 2 rings (SSSR count). The van der Waals surface area contributed by atoms with Gasteiger partial charge in [-0.3, -0.25) is 9.36 Å². The summed E-state index contributed by atoms with van der Waals surface area (Å²) < 4.78 is 38.4. The minimum Gasteiger partial charge on any atom is -0.542 e. The number of rotatable bonds is 9. The predicted molar refractivity (Wildman–Crippen MR) is 99.7 cm³/mol. The molecule has 0 fully saturated rings. The fourth-order valence-electron chi connectivity index (χ4n) is 2.32. The van der Waals surface area contributed by atoms with Gasteiger partial charge in [-0.25, -0.2) is 15.0 Å². The molecule has 3 N–H and O–H groups in total. The average Bonchev–Trinajstić information content (AvgIpc) is 3.22. The van der Waals surface area contributed by atoms with Gasteiger partial charge in [0.25, 0.3) is 0 Å². The number of nitrogens with zero attached hydrogens (tertiary/aromatic N) is 4. The van der Waals surface area contributed by atoms with Crippen LogP contribution in [-0.2, 0) is 14.3 Å². The number of aliphatic carboxylic acids is 1. The molecule has 31 heavy (non-hydrogen) atoms. The van der Waals surface area contributed by atoms with Crippen molar-refractivity contribution in [2.24, 2.45) is 0 Å². The Morgan fingerprint density at radius 1 is 1.35 bits per heavy atom. The number of carbonyl (C=O) groups is 2. The van der Waals surface area contributed by atoms with Crippen molar-refractivity contribution >= 4 is 11.9 Å². The van der Waals surface area contributed by atoms with E-state index in [1.54, 1.807) is 30.2 Å². The lowest BCUT2D eigenvalue weighted by Gasteiger charge is -2.18. The molecule has 0 aliphatic heterocycles. The number of alkyl halides is 3. The smallest absolute Gasteiger partial charge is 0.430 e. The molecule has 0 saturated heterocycles. The van der Waals surface area contributed by atoms with E-state index in [-0.39, 0.29) is 18.4 Å². The largest absolute Gasteiger partial charge is 0.542 e. The van der Waals surface area contributed by atoms with Crippen LogP contribution >= 0.6 is 0 Å². The first-order valence-electron chi connectivity index (χ1n) is 9.37. The Kier molecular flexibility index (Phi) is 10.6. The van der Waals surface area contributed by atoms with Crippen LogP contribution in [0.1, 0.15) is 30.8 Å². The number of aromatic nitrogens is 4. The third-order valence-corrected chi connectivity index (χ3v) is 3.69. The molecule has 2 heterocycles. The molecule has 0 aromatic carbocycles. The van der Waals surface area contributed by atoms with Gasteiger partial charge in [-0.1, -0.05) is 0 Å². The molecule has 0 bridgehead atoms. The second kappa shape index (κ2) is 12.6. The van der Waals surface area contributed by atoms with Crippen molar-refractivity contribution in [2.45, 2.75) is 32.5 Å². The maximum atomic E-state index is 11.9. The molecule has 0 amide bonds. The van der Waals surface area contributed by atoms with Gasteiger partial charge in [0.2, 0.25) is 5.95 Å². The number of aryl methyl sites for hydroxylation is 1. The van der Waals surface area contributed by atoms with Crippen LogP contribution in [0.2, 0.25) is 0 Å². The van der Waals surface area contributed by atoms with E-state index in [1.807, 2.05) is 20.0 Å². The molecule has 0 aliphatic carbocycles. The van der Waals surface area contributed by atoms with Crippen molar-refractivity contribution in [3.05, 3.63) is 36.2 Å². The van der Waals surface area contributed by atoms with Crippen molar-refractivity contribution < 1.29 is 37.9 Å². The predicted octanol–water partition coefficient (Wildman–Crippen LogP) is -0.954. The summed E-state index contributed by atoms with van der Waals surface area (Å²) in [5, 5.41) is 14.2. The zero-order valence-electron chi connectivity index (χ0n) is 17.3. The highest BCUT2D eigenvalue weighted by Crippen LogP contribution is 2.17. The summed E-state index contributed by atoms with van der Waals surface area (Å²) in [6.45, 7) is 5.77. The molecule has 13 heteroatoms. The van der Waals surface area contributed by atoms with Crippen molar-refractivity contribution in [3.8, 4) is 5.95 Å². The van der Waals surface area contributed by atoms with E-state index in [1.165, 1.54) is 0 Å². The van der Waals surface area contributed by atoms with E-state index < -0.39 is 12.1 Å². The minimum absolute atomic E-state index is 0.215. The Labute approximate surface area is 176 Å². The number of hydrogen-bond donors (Lipinski definition) is 2. The number of halogens is 3. The Morgan fingerprint density at radius 2 is 2.03 bits per heavy atom. The number of hydrogen-bond acceptors (Lipinski definition) is 8. The highest BCUT2D eigenvalue weighted by Gasteiger charge is 2.28. The highest BCUT2D eigenvalue weighted by atomic mass is 19.4. The number of carbonyl (C=O) groups excluding carboxylic acids is 2. The number of imidazole rings is 1. The number of ether oxygens (including phenoxy) is 1. The van der Waals surface area contributed by atoms with Gasteiger partial charge in [-0.05, 0) is 19.9 Å². The summed E-state index contributed by atoms with van der Waals surface area (Å²) in [5.74, 6) is -2.70. The zero-order chi connectivity index (χ0) is 23.4. The molecular formula is C18H25F3N6O4. The summed E-state index contributed by atoms with van der Waals surface area (Å²) in [5.41, 5.74) is 1.61. The van der Waals surface area contributed by atoms with Gasteiger partial charge in [0.05, 0.1) is 38.4 Å². The van der Waals surface area contributed by atoms with Crippen LogP contribution in [0.25, 0.3) is 5.95 Å². The second-order valence-corrected chi connectivity index (χ2v) is 6.20. The van der Waals surface area contributed by atoms with Crippen LogP contribution < -0.4 is 15.7 Å². The molecule has 0 radical (unpaired) electrons. The third-order valence-electron chi connectivity index (χ3n) is 3.69. The van der Waals surface area contributed by atoms with Gasteiger partial charge in [0, 0.05) is 24.6 Å². The molecule has 0 saturated carbocycles. The van der Waals surface area contributed by atoms with Crippen LogP contribution in [0.15, 0.2) is 24.8 Å². The first-order chi connectivity index (χ1) is 14.6. The van der Waals surface area contributed by atoms with E-state index in [9.17, 15) is 18.0 Å². The van der Waals surface area contributed by atoms with Crippen LogP contribution in [0, 0.1) is 6.92 Å². The second-order valence-electron chi connectivity index (χ2n) is 6.20. The average molecular weight is 446 g/mol. The van der Waals surface area contributed by atoms with Gasteiger partial charge in [-0.15, -0.1) is 0 Å². The first kappa shape index (κ1) is 26.0. The molecule has 2 aromatic rings. The summed E-state index contributed by atoms with van der Waals surface area (Å²) in [4.78, 5) is 33.8. The van der Waals surface area contributed by atoms with Crippen LogP contribution in [0.5, 0.6) is 0 Å². The molecular weight excluding hydrogens is 421 g/mol. The molecule has 1 atom stereocenters. The van der Waals surface area contributed by atoms with Gasteiger partial charge in [0.1, 0.15) is 12.3 Å². The maximum Gasteiger partial charge on any atom is 0.430 e. The quantitative estimate of drug-likeness (QED) is 0.371. The number of nitrogens with one attached hydrogen (secondary N) is 1. The van der Waals surface area contributed by atoms with E-state index in [0.29, 0.717) is 12.6 Å². The number of esters is 1. The third kappa shape index (κ3) is 9.53. The normalized spacial score (nSPS) is 11.9. The molecule has 0 aliphatic rings. The number of carboxylic acid groups (broad SMARTS) is 1. The summed E-state index contributed by atoms with van der Waals surface area (Å²) in [6.07, 6.45) is 0.158. The zero-order valence-corrected chi connectivity index (χ0v) is 17.3. The molecule has 10 nitrogen and oxygen atoms in total. The molecule has 0 spiro atoms. The monoisotopic (exact) mass is 446 g/mol. The lowest BCUT2D eigenvalue weighted by molar-refractivity contribution is -0.625. The Balaban J connectivity index is 0.000000592. The van der Waals surface area contributed by atoms with Crippen LogP contribution in [0.4, 0.5) is 13.2 Å². The molecule has 2 aromatic heterocycles. The van der Waals surface area contributed by atoms with Crippen LogP contribution in [0.3, 0.4) is 0 Å². The maximum absolute atomic E-state index is 11.9. The number of carboxylic acids is 1. The summed E-state index contributed by atoms with van der Waals surface area (Å²) >= 11 is 0. The summed E-state index contributed by atoms with van der Waals surface area (Å²) in [7, 11) is 2.01. The Bertz CT molecular complexity index is 830. The van der Waals surface area contributed by atoms with E-state index in [4.69, 9.17) is 14.6 Å². The van der Waals surface area contributed by atoms with E-state index in [2.05, 4.69) is 25.6 Å². The van der Waals surface area contributed by atoms with Crippen molar-refractivity contribution in [2.75, 3.05) is 26.7 Å². The van der Waals surface area contributed by atoms with Gasteiger partial charge in [-0.2, -0.15) is 13.2 Å². The standard InChI is InChI=1S/C16H24N6O2.C2HF3O2/c1-4-24-15(23)10-13(19-6-5-17-3)14-9-12(2)20-16(21-14)22-8-7-18-11-22;3-2(4,5)1(6)7/h7-9,11,13,17,19H,4-6,10H2,1-3H3;(H,6,7). The summed E-state index contributed by atoms with van der Waals surface area (Å²) in [6, 6.07) is 1.68. The van der Waals surface area contributed by atoms with Crippen molar-refractivity contribution in [1.82, 2.24) is 24.8 Å². The molecule has 1 unspecified atom stereocenters. The SMILES string of the molecule is CCOC(=O)CC(NCC[NH2+]C)c1cc(C)nc(-n2ccnc2)n1.O=C([O-])C(F)(F)F. The van der Waals surface area contributed by atoms with E-state index in [0.717, 1.165) is 24.5 Å². The first-order valence-corrected chi connectivity index (χ1v) is 9.37. The van der Waals surface area contributed by atoms with Gasteiger partial charge < -0.3 is 25.3 Å². The number of likely N-dealkylation sites (N-methyl/N-ethyl adjacent to an activating group) is 1. The Hall–Kier alpha value is -3.06. The van der Waals surface area contributed by atoms with Gasteiger partial charge >= 0.3 is 12.1 Å². The van der Waals surface area contributed by atoms with E-state index >= 15 is 0 Å². The van der Waals surface area contributed by atoms with Crippen molar-refractivity contribution in [3.63, 3.8) is 0 Å². The number of quaternary nitrogens is 1. The lowest BCUT2D eigenvalue weighted by Crippen LogP contribution is -2.81. The Morgan fingerprint density at radius 3 is 2.55 bits per heavy atom. The molecule has 172 valence electrons. The highest BCUT2D eigenvalue weighted by molar-refractivity contribution is 5.71. The van der Waals surface area contributed by atoms with Crippen molar-refractivity contribution in [1.29, 1.82) is 0 Å².